The SMILES string of the molecule is CCn1ncc(CN(C)C(=O)c2cc(C)n(C)n2)c1C. The molecule has 0 aromatic carbocycles. The fourth-order valence-electron chi connectivity index (χ4n) is 2.15. The van der Waals surface area contributed by atoms with Gasteiger partial charge in [-0.15, -0.1) is 0 Å². The van der Waals surface area contributed by atoms with Crippen LogP contribution in [0, 0.1) is 13.8 Å². The molecule has 2 heterocycles. The van der Waals surface area contributed by atoms with E-state index in [9.17, 15) is 4.79 Å². The van der Waals surface area contributed by atoms with Gasteiger partial charge in [0.1, 0.15) is 0 Å². The predicted molar refractivity (Wildman–Crippen MR) is 76.4 cm³/mol. The summed E-state index contributed by atoms with van der Waals surface area (Å²) in [5.41, 5.74) is 3.62. The van der Waals surface area contributed by atoms with E-state index in [1.807, 2.05) is 31.8 Å². The minimum Gasteiger partial charge on any atom is -0.336 e. The van der Waals surface area contributed by atoms with Crippen LogP contribution < -0.4 is 0 Å². The van der Waals surface area contributed by atoms with Gasteiger partial charge < -0.3 is 4.90 Å². The molecule has 2 aromatic rings. The summed E-state index contributed by atoms with van der Waals surface area (Å²) in [5, 5.41) is 8.52. The number of aromatic nitrogens is 4. The third-order valence-corrected chi connectivity index (χ3v) is 3.59. The molecule has 2 rings (SSSR count). The van der Waals surface area contributed by atoms with E-state index < -0.39 is 0 Å². The number of carbonyl (C=O) groups is 1. The number of carbonyl (C=O) groups excluding carboxylic acids is 1. The second-order valence-corrected chi connectivity index (χ2v) is 5.03. The monoisotopic (exact) mass is 275 g/mol. The van der Waals surface area contributed by atoms with Crippen LogP contribution in [0.3, 0.4) is 0 Å². The molecule has 0 saturated heterocycles. The summed E-state index contributed by atoms with van der Waals surface area (Å²) >= 11 is 0. The van der Waals surface area contributed by atoms with Crippen LogP contribution in [-0.2, 0) is 20.1 Å². The van der Waals surface area contributed by atoms with Gasteiger partial charge in [0, 0.05) is 44.1 Å². The van der Waals surface area contributed by atoms with E-state index in [0.717, 1.165) is 23.5 Å². The third-order valence-electron chi connectivity index (χ3n) is 3.59. The number of nitrogens with zero attached hydrogens (tertiary/aromatic N) is 5. The average molecular weight is 275 g/mol. The minimum atomic E-state index is -0.0719. The third kappa shape index (κ3) is 2.59. The van der Waals surface area contributed by atoms with E-state index in [1.54, 1.807) is 22.7 Å². The van der Waals surface area contributed by atoms with Crippen molar-refractivity contribution in [2.45, 2.75) is 33.9 Å². The second kappa shape index (κ2) is 5.48. The molecule has 20 heavy (non-hydrogen) atoms. The lowest BCUT2D eigenvalue weighted by Crippen LogP contribution is -2.27. The van der Waals surface area contributed by atoms with Gasteiger partial charge in [0.25, 0.3) is 5.91 Å². The van der Waals surface area contributed by atoms with E-state index in [1.165, 1.54) is 0 Å². The molecule has 0 spiro atoms. The van der Waals surface area contributed by atoms with Crippen molar-refractivity contribution in [3.8, 4) is 0 Å². The van der Waals surface area contributed by atoms with E-state index >= 15 is 0 Å². The quantitative estimate of drug-likeness (QED) is 0.850. The number of amides is 1. The zero-order valence-electron chi connectivity index (χ0n) is 12.7. The van der Waals surface area contributed by atoms with E-state index in [4.69, 9.17) is 0 Å². The highest BCUT2D eigenvalue weighted by molar-refractivity contribution is 5.92. The van der Waals surface area contributed by atoms with Crippen molar-refractivity contribution in [2.24, 2.45) is 7.05 Å². The van der Waals surface area contributed by atoms with Crippen LogP contribution in [0.5, 0.6) is 0 Å². The van der Waals surface area contributed by atoms with E-state index in [2.05, 4.69) is 17.1 Å². The molecule has 0 aliphatic carbocycles. The summed E-state index contributed by atoms with van der Waals surface area (Å²) in [7, 11) is 3.62. The van der Waals surface area contributed by atoms with Crippen LogP contribution in [0.4, 0.5) is 0 Å². The van der Waals surface area contributed by atoms with Gasteiger partial charge in [-0.25, -0.2) is 0 Å². The highest BCUT2D eigenvalue weighted by Crippen LogP contribution is 2.12. The van der Waals surface area contributed by atoms with Crippen molar-refractivity contribution < 1.29 is 4.79 Å². The van der Waals surface area contributed by atoms with Gasteiger partial charge in [0.2, 0.25) is 0 Å². The second-order valence-electron chi connectivity index (χ2n) is 5.03. The van der Waals surface area contributed by atoms with Crippen LogP contribution in [0.15, 0.2) is 12.3 Å². The van der Waals surface area contributed by atoms with Gasteiger partial charge in [-0.3, -0.25) is 14.2 Å². The van der Waals surface area contributed by atoms with Crippen molar-refractivity contribution in [1.82, 2.24) is 24.5 Å². The van der Waals surface area contributed by atoms with Gasteiger partial charge >= 0.3 is 0 Å². The normalized spacial score (nSPS) is 10.8. The number of rotatable bonds is 4. The first-order valence-corrected chi connectivity index (χ1v) is 6.71. The lowest BCUT2D eigenvalue weighted by Gasteiger charge is -2.15. The van der Waals surface area contributed by atoms with Crippen molar-refractivity contribution >= 4 is 5.91 Å². The zero-order chi connectivity index (χ0) is 14.9. The minimum absolute atomic E-state index is 0.0719. The largest absolute Gasteiger partial charge is 0.336 e. The lowest BCUT2D eigenvalue weighted by molar-refractivity contribution is 0.0778. The molecule has 108 valence electrons. The Hall–Kier alpha value is -2.11. The summed E-state index contributed by atoms with van der Waals surface area (Å²) in [6.07, 6.45) is 1.83. The van der Waals surface area contributed by atoms with Gasteiger partial charge in [0.15, 0.2) is 5.69 Å². The Kier molecular flexibility index (Phi) is 3.92. The van der Waals surface area contributed by atoms with Crippen molar-refractivity contribution in [3.05, 3.63) is 34.9 Å². The Morgan fingerprint density at radius 2 is 2.10 bits per heavy atom. The maximum atomic E-state index is 12.3. The molecule has 1 amide bonds. The molecule has 0 atom stereocenters. The molecular formula is C14H21N5O. The highest BCUT2D eigenvalue weighted by atomic mass is 16.2. The smallest absolute Gasteiger partial charge is 0.274 e. The van der Waals surface area contributed by atoms with Crippen LogP contribution >= 0.6 is 0 Å². The molecule has 0 aliphatic heterocycles. The summed E-state index contributed by atoms with van der Waals surface area (Å²) in [4.78, 5) is 14.0. The molecule has 0 unspecified atom stereocenters. The topological polar surface area (TPSA) is 56.0 Å². The van der Waals surface area contributed by atoms with E-state index in [0.29, 0.717) is 12.2 Å². The van der Waals surface area contributed by atoms with E-state index in [-0.39, 0.29) is 5.91 Å². The van der Waals surface area contributed by atoms with Gasteiger partial charge in [-0.1, -0.05) is 0 Å². The summed E-state index contributed by atoms with van der Waals surface area (Å²) in [6, 6.07) is 1.81. The molecule has 6 heteroatoms. The van der Waals surface area contributed by atoms with Gasteiger partial charge in [-0.05, 0) is 26.8 Å². The fourth-order valence-corrected chi connectivity index (χ4v) is 2.15. The number of hydrogen-bond donors (Lipinski definition) is 0. The number of hydrogen-bond acceptors (Lipinski definition) is 3. The molecule has 0 saturated carbocycles. The molecule has 0 fully saturated rings. The molecule has 0 N–H and O–H groups in total. The van der Waals surface area contributed by atoms with Crippen molar-refractivity contribution in [3.63, 3.8) is 0 Å². The first kappa shape index (κ1) is 14.3. The lowest BCUT2D eigenvalue weighted by atomic mass is 10.2. The molecule has 6 nitrogen and oxygen atoms in total. The first-order chi connectivity index (χ1) is 9.43. The standard InChI is InChI=1S/C14H21N5O/c1-6-19-11(3)12(8-15-19)9-17(4)14(20)13-7-10(2)18(5)16-13/h7-8H,6,9H2,1-5H3. The molecule has 2 aromatic heterocycles. The molecular weight excluding hydrogens is 254 g/mol. The maximum absolute atomic E-state index is 12.3. The highest BCUT2D eigenvalue weighted by Gasteiger charge is 2.17. The summed E-state index contributed by atoms with van der Waals surface area (Å²) < 4.78 is 3.64. The average Bonchev–Trinajstić information content (AvgIpc) is 2.93. The predicted octanol–water partition coefficient (Wildman–Crippen LogP) is 1.53. The molecule has 0 bridgehead atoms. The Bertz CT molecular complexity index is 606. The van der Waals surface area contributed by atoms with Crippen LogP contribution in [0.25, 0.3) is 0 Å². The molecule has 0 aliphatic rings. The van der Waals surface area contributed by atoms with Crippen LogP contribution in [0.2, 0.25) is 0 Å². The molecule has 0 radical (unpaired) electrons. The number of aryl methyl sites for hydroxylation is 3. The summed E-state index contributed by atoms with van der Waals surface area (Å²) in [5.74, 6) is -0.0719. The Labute approximate surface area is 119 Å². The van der Waals surface area contributed by atoms with Crippen LogP contribution in [0.1, 0.15) is 34.4 Å². The van der Waals surface area contributed by atoms with Crippen molar-refractivity contribution in [2.75, 3.05) is 7.05 Å². The Balaban J connectivity index is 2.13. The van der Waals surface area contributed by atoms with Crippen LogP contribution in [-0.4, -0.2) is 37.4 Å². The fraction of sp³-hybridized carbons (Fsp3) is 0.500. The van der Waals surface area contributed by atoms with Crippen molar-refractivity contribution in [1.29, 1.82) is 0 Å². The Morgan fingerprint density at radius 1 is 1.40 bits per heavy atom. The summed E-state index contributed by atoms with van der Waals surface area (Å²) in [6.45, 7) is 7.38. The zero-order valence-corrected chi connectivity index (χ0v) is 12.7. The van der Waals surface area contributed by atoms with Gasteiger partial charge in [-0.2, -0.15) is 10.2 Å². The maximum Gasteiger partial charge on any atom is 0.274 e. The Morgan fingerprint density at radius 3 is 2.60 bits per heavy atom. The first-order valence-electron chi connectivity index (χ1n) is 6.71. The van der Waals surface area contributed by atoms with Gasteiger partial charge in [0.05, 0.1) is 6.20 Å².